The average Bonchev–Trinajstić information content (AvgIpc) is 2.39. The number of nitrogens with one attached hydrogen (secondary N) is 1. The van der Waals surface area contributed by atoms with Gasteiger partial charge in [-0.25, -0.2) is 0 Å². The van der Waals surface area contributed by atoms with Gasteiger partial charge in [0, 0.05) is 24.8 Å². The van der Waals surface area contributed by atoms with Crippen LogP contribution in [-0.2, 0) is 4.79 Å². The van der Waals surface area contributed by atoms with Crippen LogP contribution in [0, 0.1) is 0 Å². The molecule has 0 aliphatic carbocycles. The third kappa shape index (κ3) is 5.53. The summed E-state index contributed by atoms with van der Waals surface area (Å²) in [5, 5.41) is 2.84. The number of benzene rings is 1. The van der Waals surface area contributed by atoms with Gasteiger partial charge in [0.05, 0.1) is 11.4 Å². The van der Waals surface area contributed by atoms with Crippen LogP contribution in [0.3, 0.4) is 0 Å². The van der Waals surface area contributed by atoms with Gasteiger partial charge in [-0.15, -0.1) is 0 Å². The van der Waals surface area contributed by atoms with E-state index in [0.717, 1.165) is 12.3 Å². The van der Waals surface area contributed by atoms with E-state index >= 15 is 0 Å². The topological polar surface area (TPSA) is 58.4 Å². The number of nitrogens with zero attached hydrogens (tertiary/aromatic N) is 1. The molecule has 0 saturated heterocycles. The number of nitrogens with two attached hydrogens (primary N) is 1. The summed E-state index contributed by atoms with van der Waals surface area (Å²) in [6, 6.07) is 7.78. The molecule has 0 spiro atoms. The zero-order valence-corrected chi connectivity index (χ0v) is 12.7. The van der Waals surface area contributed by atoms with Crippen LogP contribution in [0.5, 0.6) is 0 Å². The van der Waals surface area contributed by atoms with Crippen molar-refractivity contribution in [3.63, 3.8) is 0 Å². The SMILES string of the molecule is CSCC(C)N(C)CCC(=O)Nc1ccccc1N. The molecule has 1 aromatic rings. The molecule has 1 atom stereocenters. The third-order valence-corrected chi connectivity index (χ3v) is 3.90. The highest BCUT2D eigenvalue weighted by Crippen LogP contribution is 2.16. The Morgan fingerprint density at radius 1 is 1.47 bits per heavy atom. The van der Waals surface area contributed by atoms with Crippen molar-refractivity contribution in [1.29, 1.82) is 0 Å². The molecule has 106 valence electrons. The number of thioether (sulfide) groups is 1. The monoisotopic (exact) mass is 281 g/mol. The first-order valence-corrected chi connectivity index (χ1v) is 7.77. The summed E-state index contributed by atoms with van der Waals surface area (Å²) in [6.07, 6.45) is 2.57. The quantitative estimate of drug-likeness (QED) is 0.753. The summed E-state index contributed by atoms with van der Waals surface area (Å²) in [5.74, 6) is 1.07. The smallest absolute Gasteiger partial charge is 0.225 e. The fourth-order valence-corrected chi connectivity index (χ4v) is 2.43. The minimum absolute atomic E-state index is 0.00102. The van der Waals surface area contributed by atoms with Crippen molar-refractivity contribution in [2.24, 2.45) is 0 Å². The molecule has 1 aromatic carbocycles. The fourth-order valence-electron chi connectivity index (χ4n) is 1.69. The summed E-state index contributed by atoms with van der Waals surface area (Å²) in [5.41, 5.74) is 7.07. The van der Waals surface area contributed by atoms with Crippen LogP contribution in [0.1, 0.15) is 13.3 Å². The first-order chi connectivity index (χ1) is 9.04. The molecule has 1 unspecified atom stereocenters. The van der Waals surface area contributed by atoms with E-state index in [-0.39, 0.29) is 5.91 Å². The minimum atomic E-state index is 0.00102. The lowest BCUT2D eigenvalue weighted by molar-refractivity contribution is -0.116. The molecule has 3 N–H and O–H groups in total. The van der Waals surface area contributed by atoms with Crippen LogP contribution in [-0.4, -0.2) is 42.4 Å². The molecule has 4 nitrogen and oxygen atoms in total. The van der Waals surface area contributed by atoms with Crippen molar-refractivity contribution in [2.75, 3.05) is 36.7 Å². The average molecular weight is 281 g/mol. The van der Waals surface area contributed by atoms with Gasteiger partial charge >= 0.3 is 0 Å². The molecule has 0 aliphatic rings. The highest BCUT2D eigenvalue weighted by Gasteiger charge is 2.11. The molecule has 0 heterocycles. The molecule has 19 heavy (non-hydrogen) atoms. The Balaban J connectivity index is 2.38. The highest BCUT2D eigenvalue weighted by atomic mass is 32.2. The lowest BCUT2D eigenvalue weighted by Crippen LogP contribution is -2.33. The number of carbonyl (C=O) groups is 1. The van der Waals surface area contributed by atoms with Gasteiger partial charge in [-0.1, -0.05) is 12.1 Å². The number of hydrogen-bond donors (Lipinski definition) is 2. The van der Waals surface area contributed by atoms with Gasteiger partial charge < -0.3 is 16.0 Å². The summed E-state index contributed by atoms with van der Waals surface area (Å²) in [4.78, 5) is 14.0. The molecule has 0 bridgehead atoms. The Hall–Kier alpha value is -1.20. The zero-order valence-electron chi connectivity index (χ0n) is 11.8. The van der Waals surface area contributed by atoms with Crippen molar-refractivity contribution in [1.82, 2.24) is 4.90 Å². The normalized spacial score (nSPS) is 12.4. The van der Waals surface area contributed by atoms with Crippen molar-refractivity contribution in [2.45, 2.75) is 19.4 Å². The van der Waals surface area contributed by atoms with Crippen LogP contribution in [0.25, 0.3) is 0 Å². The van der Waals surface area contributed by atoms with E-state index in [1.54, 1.807) is 6.07 Å². The molecule has 5 heteroatoms. The summed E-state index contributed by atoms with van der Waals surface area (Å²) >= 11 is 1.82. The number of para-hydroxylation sites is 2. The zero-order chi connectivity index (χ0) is 14.3. The highest BCUT2D eigenvalue weighted by molar-refractivity contribution is 7.98. The van der Waals surface area contributed by atoms with Gasteiger partial charge in [0.1, 0.15) is 0 Å². The number of anilines is 2. The number of amides is 1. The number of hydrogen-bond acceptors (Lipinski definition) is 4. The number of nitrogen functional groups attached to an aromatic ring is 1. The lowest BCUT2D eigenvalue weighted by Gasteiger charge is -2.23. The largest absolute Gasteiger partial charge is 0.397 e. The standard InChI is InChI=1S/C14H23N3OS/c1-11(10-19-3)17(2)9-8-14(18)16-13-7-5-4-6-12(13)15/h4-7,11H,8-10,15H2,1-3H3,(H,16,18). The Bertz CT molecular complexity index is 411. The Morgan fingerprint density at radius 3 is 2.79 bits per heavy atom. The predicted molar refractivity (Wildman–Crippen MR) is 84.6 cm³/mol. The van der Waals surface area contributed by atoms with E-state index in [0.29, 0.717) is 23.8 Å². The first kappa shape index (κ1) is 15.9. The summed E-state index contributed by atoms with van der Waals surface area (Å²) in [6.45, 7) is 2.92. The van der Waals surface area contributed by atoms with E-state index in [1.807, 2.05) is 37.0 Å². The fraction of sp³-hybridized carbons (Fsp3) is 0.500. The molecular weight excluding hydrogens is 258 g/mol. The van der Waals surface area contributed by atoms with Gasteiger partial charge in [0.15, 0.2) is 0 Å². The van der Waals surface area contributed by atoms with Gasteiger partial charge in [0.2, 0.25) is 5.91 Å². The van der Waals surface area contributed by atoms with Crippen LogP contribution in [0.2, 0.25) is 0 Å². The maximum atomic E-state index is 11.9. The Kier molecular flexibility index (Phi) is 6.73. The second kappa shape index (κ2) is 8.07. The van der Waals surface area contributed by atoms with Gasteiger partial charge in [-0.3, -0.25) is 4.79 Å². The minimum Gasteiger partial charge on any atom is -0.397 e. The molecule has 1 rings (SSSR count). The second-order valence-electron chi connectivity index (χ2n) is 4.67. The molecule has 0 saturated carbocycles. The van der Waals surface area contributed by atoms with Crippen molar-refractivity contribution in [3.05, 3.63) is 24.3 Å². The second-order valence-corrected chi connectivity index (χ2v) is 5.58. The number of carbonyl (C=O) groups excluding carboxylic acids is 1. The van der Waals surface area contributed by atoms with E-state index < -0.39 is 0 Å². The van der Waals surface area contributed by atoms with Crippen molar-refractivity contribution in [3.8, 4) is 0 Å². The van der Waals surface area contributed by atoms with Crippen LogP contribution < -0.4 is 11.1 Å². The van der Waals surface area contributed by atoms with E-state index in [4.69, 9.17) is 5.73 Å². The van der Waals surface area contributed by atoms with Crippen molar-refractivity contribution >= 4 is 29.0 Å². The van der Waals surface area contributed by atoms with Crippen LogP contribution >= 0.6 is 11.8 Å². The van der Waals surface area contributed by atoms with E-state index in [2.05, 4.69) is 23.4 Å². The molecular formula is C14H23N3OS. The maximum absolute atomic E-state index is 11.9. The van der Waals surface area contributed by atoms with Crippen LogP contribution in [0.15, 0.2) is 24.3 Å². The molecule has 0 fully saturated rings. The lowest BCUT2D eigenvalue weighted by atomic mass is 10.2. The Morgan fingerprint density at radius 2 is 2.16 bits per heavy atom. The maximum Gasteiger partial charge on any atom is 0.225 e. The number of rotatable bonds is 7. The molecule has 0 aromatic heterocycles. The van der Waals surface area contributed by atoms with Crippen LogP contribution in [0.4, 0.5) is 11.4 Å². The van der Waals surface area contributed by atoms with E-state index in [9.17, 15) is 4.79 Å². The Labute approximate surface area is 119 Å². The molecule has 0 aliphatic heterocycles. The molecule has 0 radical (unpaired) electrons. The van der Waals surface area contributed by atoms with E-state index in [1.165, 1.54) is 0 Å². The van der Waals surface area contributed by atoms with Gasteiger partial charge in [0.25, 0.3) is 0 Å². The van der Waals surface area contributed by atoms with Gasteiger partial charge in [-0.2, -0.15) is 11.8 Å². The van der Waals surface area contributed by atoms with Crippen molar-refractivity contribution < 1.29 is 4.79 Å². The molecule has 1 amide bonds. The summed E-state index contributed by atoms with van der Waals surface area (Å²) in [7, 11) is 2.05. The third-order valence-electron chi connectivity index (χ3n) is 3.09. The first-order valence-electron chi connectivity index (χ1n) is 6.38. The van der Waals surface area contributed by atoms with Gasteiger partial charge in [-0.05, 0) is 32.4 Å². The predicted octanol–water partition coefficient (Wildman–Crippen LogP) is 2.28. The summed E-state index contributed by atoms with van der Waals surface area (Å²) < 4.78 is 0.